The van der Waals surface area contributed by atoms with Crippen LogP contribution in [0.25, 0.3) is 0 Å². The van der Waals surface area contributed by atoms with Crippen molar-refractivity contribution in [3.63, 3.8) is 0 Å². The molecule has 1 heteroatoms. The predicted molar refractivity (Wildman–Crippen MR) is 87.5 cm³/mol. The molecule has 0 aliphatic heterocycles. The van der Waals surface area contributed by atoms with Crippen molar-refractivity contribution in [3.8, 4) is 0 Å². The molecule has 0 fully saturated rings. The van der Waals surface area contributed by atoms with Gasteiger partial charge in [0.2, 0.25) is 0 Å². The zero-order valence-corrected chi connectivity index (χ0v) is 13.9. The maximum absolute atomic E-state index is 2.40. The van der Waals surface area contributed by atoms with Crippen molar-refractivity contribution >= 4 is 9.52 Å². The van der Waals surface area contributed by atoms with Gasteiger partial charge >= 0.3 is 0 Å². The molecule has 100 valence electrons. The minimum Gasteiger partial charge on any atom is -0.0622 e. The van der Waals surface area contributed by atoms with Crippen LogP contribution in [0.15, 0.2) is 60.7 Å². The third-order valence-electron chi connectivity index (χ3n) is 3.99. The summed E-state index contributed by atoms with van der Waals surface area (Å²) in [5.41, 5.74) is 2.95. The Balaban J connectivity index is 2.25. The van der Waals surface area contributed by atoms with Gasteiger partial charge < -0.3 is 0 Å². The van der Waals surface area contributed by atoms with E-state index >= 15 is 0 Å². The summed E-state index contributed by atoms with van der Waals surface area (Å²) >= 11 is 0. The molecule has 0 heterocycles. The SMILES string of the molecule is CC(C)([SiH2]C(C)(C)c1ccccc1)c1ccccc1. The molecule has 0 unspecified atom stereocenters. The van der Waals surface area contributed by atoms with Crippen LogP contribution >= 0.6 is 0 Å². The minimum absolute atomic E-state index is 0.320. The highest BCUT2D eigenvalue weighted by Crippen LogP contribution is 2.31. The first kappa shape index (κ1) is 14.1. The van der Waals surface area contributed by atoms with Crippen LogP contribution in [0.5, 0.6) is 0 Å². The number of rotatable bonds is 4. The molecule has 19 heavy (non-hydrogen) atoms. The topological polar surface area (TPSA) is 0 Å². The molecule has 0 bridgehead atoms. The Bertz CT molecular complexity index is 462. The molecule has 0 saturated heterocycles. The molecule has 0 N–H and O–H groups in total. The molecule has 0 aliphatic carbocycles. The van der Waals surface area contributed by atoms with E-state index in [4.69, 9.17) is 0 Å². The summed E-state index contributed by atoms with van der Waals surface area (Å²) < 4.78 is 0. The van der Waals surface area contributed by atoms with Crippen LogP contribution in [0.3, 0.4) is 0 Å². The molecule has 0 radical (unpaired) electrons. The molecule has 0 atom stereocenters. The van der Waals surface area contributed by atoms with Gasteiger partial charge in [-0.15, -0.1) is 0 Å². The van der Waals surface area contributed by atoms with Crippen LogP contribution in [-0.4, -0.2) is 9.52 Å². The van der Waals surface area contributed by atoms with Gasteiger partial charge in [0, 0.05) is 9.52 Å². The zero-order chi connectivity index (χ0) is 13.9. The lowest BCUT2D eigenvalue weighted by molar-refractivity contribution is 0.662. The van der Waals surface area contributed by atoms with Crippen molar-refractivity contribution in [2.45, 2.75) is 37.8 Å². The average Bonchev–Trinajstić information content (AvgIpc) is 2.40. The Labute approximate surface area is 119 Å². The van der Waals surface area contributed by atoms with Crippen molar-refractivity contribution in [2.75, 3.05) is 0 Å². The Morgan fingerprint density at radius 2 is 0.895 bits per heavy atom. The van der Waals surface area contributed by atoms with Gasteiger partial charge in [-0.05, 0) is 21.2 Å². The van der Waals surface area contributed by atoms with Gasteiger partial charge in [0.25, 0.3) is 0 Å². The maximum atomic E-state index is 2.40. The highest BCUT2D eigenvalue weighted by Gasteiger charge is 2.31. The number of benzene rings is 2. The first-order valence-corrected chi connectivity index (χ1v) is 8.44. The first-order valence-electron chi connectivity index (χ1n) is 7.03. The summed E-state index contributed by atoms with van der Waals surface area (Å²) in [5, 5.41) is 0.640. The lowest BCUT2D eigenvalue weighted by Crippen LogP contribution is -2.39. The van der Waals surface area contributed by atoms with Gasteiger partial charge in [0.1, 0.15) is 0 Å². The van der Waals surface area contributed by atoms with Gasteiger partial charge in [-0.3, -0.25) is 0 Å². The second-order valence-corrected chi connectivity index (χ2v) is 10.6. The van der Waals surface area contributed by atoms with E-state index in [0.717, 1.165) is 0 Å². The second kappa shape index (κ2) is 5.34. The van der Waals surface area contributed by atoms with E-state index in [1.807, 2.05) is 0 Å². The maximum Gasteiger partial charge on any atom is 0.0436 e. The van der Waals surface area contributed by atoms with Gasteiger partial charge in [-0.1, -0.05) is 88.4 Å². The fourth-order valence-electron chi connectivity index (χ4n) is 3.09. The molecule has 2 aromatic rings. The summed E-state index contributed by atoms with van der Waals surface area (Å²) in [7, 11) is -0.329. The normalized spacial score (nSPS) is 12.4. The average molecular weight is 268 g/mol. The molecule has 2 rings (SSSR count). The second-order valence-electron chi connectivity index (χ2n) is 6.68. The van der Waals surface area contributed by atoms with Crippen LogP contribution in [0.4, 0.5) is 0 Å². The number of hydrogen-bond acceptors (Lipinski definition) is 0. The Morgan fingerprint density at radius 1 is 0.579 bits per heavy atom. The van der Waals surface area contributed by atoms with Crippen LogP contribution < -0.4 is 0 Å². The van der Waals surface area contributed by atoms with E-state index in [2.05, 4.69) is 88.4 Å². The van der Waals surface area contributed by atoms with Gasteiger partial charge in [-0.2, -0.15) is 0 Å². The fraction of sp³-hybridized carbons (Fsp3) is 0.333. The fourth-order valence-corrected chi connectivity index (χ4v) is 6.18. The van der Waals surface area contributed by atoms with Crippen molar-refractivity contribution in [2.24, 2.45) is 0 Å². The summed E-state index contributed by atoms with van der Waals surface area (Å²) in [6, 6.07) is 21.9. The Hall–Kier alpha value is -1.34. The van der Waals surface area contributed by atoms with Crippen molar-refractivity contribution in [1.82, 2.24) is 0 Å². The van der Waals surface area contributed by atoms with Crippen LogP contribution in [0.1, 0.15) is 38.8 Å². The Morgan fingerprint density at radius 3 is 1.21 bits per heavy atom. The third kappa shape index (κ3) is 3.36. The summed E-state index contributed by atoms with van der Waals surface area (Å²) in [6.45, 7) is 9.61. The van der Waals surface area contributed by atoms with Crippen LogP contribution in [-0.2, 0) is 10.1 Å². The van der Waals surface area contributed by atoms with E-state index in [1.165, 1.54) is 11.1 Å². The highest BCUT2D eigenvalue weighted by molar-refractivity contribution is 6.44. The molecule has 0 saturated carbocycles. The van der Waals surface area contributed by atoms with E-state index in [1.54, 1.807) is 0 Å². The lowest BCUT2D eigenvalue weighted by Gasteiger charge is -2.35. The molecule has 0 aliphatic rings. The molecule has 0 nitrogen and oxygen atoms in total. The van der Waals surface area contributed by atoms with Gasteiger partial charge in [-0.25, -0.2) is 0 Å². The summed E-state index contributed by atoms with van der Waals surface area (Å²) in [4.78, 5) is 0. The summed E-state index contributed by atoms with van der Waals surface area (Å²) in [5.74, 6) is 0. The Kier molecular flexibility index (Phi) is 3.95. The van der Waals surface area contributed by atoms with Crippen molar-refractivity contribution < 1.29 is 0 Å². The van der Waals surface area contributed by atoms with Gasteiger partial charge in [0.05, 0.1) is 0 Å². The largest absolute Gasteiger partial charge is 0.0622 e. The number of hydrogen-bond donors (Lipinski definition) is 0. The van der Waals surface area contributed by atoms with E-state index < -0.39 is 0 Å². The standard InChI is InChI=1S/C18H24Si/c1-17(2,15-11-7-5-8-12-15)19-18(3,4)16-13-9-6-10-14-16/h5-14H,19H2,1-4H3. The van der Waals surface area contributed by atoms with E-state index in [-0.39, 0.29) is 9.52 Å². The van der Waals surface area contributed by atoms with Crippen LogP contribution in [0, 0.1) is 0 Å². The quantitative estimate of drug-likeness (QED) is 0.735. The molecular formula is C18H24Si. The third-order valence-corrected chi connectivity index (χ3v) is 6.58. The molecule has 2 aromatic carbocycles. The van der Waals surface area contributed by atoms with E-state index in [0.29, 0.717) is 10.1 Å². The van der Waals surface area contributed by atoms with Gasteiger partial charge in [0.15, 0.2) is 0 Å². The van der Waals surface area contributed by atoms with Crippen LogP contribution in [0.2, 0.25) is 0 Å². The molecular weight excluding hydrogens is 244 g/mol. The van der Waals surface area contributed by atoms with Crippen molar-refractivity contribution in [1.29, 1.82) is 0 Å². The monoisotopic (exact) mass is 268 g/mol. The molecule has 0 aromatic heterocycles. The molecule has 0 amide bonds. The molecule has 0 spiro atoms. The van der Waals surface area contributed by atoms with Crippen molar-refractivity contribution in [3.05, 3.63) is 71.8 Å². The highest BCUT2D eigenvalue weighted by atomic mass is 28.2. The van der Waals surface area contributed by atoms with E-state index in [9.17, 15) is 0 Å². The lowest BCUT2D eigenvalue weighted by atomic mass is 10.0. The smallest absolute Gasteiger partial charge is 0.0436 e. The predicted octanol–water partition coefficient (Wildman–Crippen LogP) is 4.03. The zero-order valence-electron chi connectivity index (χ0n) is 12.5. The summed E-state index contributed by atoms with van der Waals surface area (Å²) in [6.07, 6.45) is 0. The first-order chi connectivity index (χ1) is 8.92. The minimum atomic E-state index is -0.329.